The number of rotatable bonds is 4. The van der Waals surface area contributed by atoms with Gasteiger partial charge in [0.05, 0.1) is 0 Å². The fourth-order valence-electron chi connectivity index (χ4n) is 3.35. The summed E-state index contributed by atoms with van der Waals surface area (Å²) >= 11 is 0. The van der Waals surface area contributed by atoms with Crippen LogP contribution in [0.15, 0.2) is 48.5 Å². The topological polar surface area (TPSA) is 75.4 Å². The summed E-state index contributed by atoms with van der Waals surface area (Å²) in [7, 11) is 0. The minimum atomic E-state index is -0.184. The highest BCUT2D eigenvalue weighted by Crippen LogP contribution is 2.23. The lowest BCUT2D eigenvalue weighted by Crippen LogP contribution is -2.47. The predicted molar refractivity (Wildman–Crippen MR) is 111 cm³/mol. The van der Waals surface area contributed by atoms with Gasteiger partial charge in [0.25, 0.3) is 11.8 Å². The van der Waals surface area contributed by atoms with Gasteiger partial charge in [-0.1, -0.05) is 24.3 Å². The van der Waals surface area contributed by atoms with E-state index >= 15 is 0 Å². The molecule has 1 fully saturated rings. The summed E-state index contributed by atoms with van der Waals surface area (Å²) in [6, 6.07) is 14.6. The van der Waals surface area contributed by atoms with Crippen molar-refractivity contribution in [3.8, 4) is 0 Å². The van der Waals surface area contributed by atoms with Crippen molar-refractivity contribution in [3.63, 3.8) is 0 Å². The van der Waals surface area contributed by atoms with Gasteiger partial charge in [0.15, 0.2) is 0 Å². The second-order valence-corrected chi connectivity index (χ2v) is 6.73. The number of amides is 2. The maximum absolute atomic E-state index is 12.9. The first-order chi connectivity index (χ1) is 12.6. The van der Waals surface area contributed by atoms with Crippen molar-refractivity contribution in [2.24, 2.45) is 5.73 Å². The molecule has 2 aromatic rings. The number of aryl methyl sites for hydroxylation is 1. The quantitative estimate of drug-likeness (QED) is 0.841. The number of benzene rings is 2. The van der Waals surface area contributed by atoms with E-state index in [1.54, 1.807) is 18.2 Å². The molecule has 6 heteroatoms. The first-order valence-electron chi connectivity index (χ1n) is 9.08. The van der Waals surface area contributed by atoms with E-state index in [1.807, 2.05) is 42.2 Å². The number of hydrogen-bond donors (Lipinski definition) is 2. The highest BCUT2D eigenvalue weighted by Gasteiger charge is 2.26. The number of hydrogen-bond acceptors (Lipinski definition) is 3. The van der Waals surface area contributed by atoms with Gasteiger partial charge >= 0.3 is 0 Å². The molecule has 0 radical (unpaired) electrons. The van der Waals surface area contributed by atoms with Gasteiger partial charge in [0, 0.05) is 35.9 Å². The van der Waals surface area contributed by atoms with Gasteiger partial charge in [-0.3, -0.25) is 9.59 Å². The SMILES string of the molecule is Cc1ccc(C(=O)N2CCCCC2CN)cc1NC(=O)c1ccccc1.Cl. The Morgan fingerprint density at radius 2 is 1.85 bits per heavy atom. The van der Waals surface area contributed by atoms with E-state index in [0.717, 1.165) is 31.4 Å². The van der Waals surface area contributed by atoms with Gasteiger partial charge in [-0.05, 0) is 56.0 Å². The smallest absolute Gasteiger partial charge is 0.255 e. The highest BCUT2D eigenvalue weighted by molar-refractivity contribution is 6.05. The molecule has 0 aliphatic carbocycles. The van der Waals surface area contributed by atoms with Crippen LogP contribution in [-0.2, 0) is 0 Å². The molecule has 3 N–H and O–H groups in total. The molecule has 1 saturated heterocycles. The number of likely N-dealkylation sites (tertiary alicyclic amines) is 1. The summed E-state index contributed by atoms with van der Waals surface area (Å²) < 4.78 is 0. The summed E-state index contributed by atoms with van der Waals surface area (Å²) in [4.78, 5) is 27.2. The van der Waals surface area contributed by atoms with Crippen LogP contribution in [-0.4, -0.2) is 35.8 Å². The standard InChI is InChI=1S/C21H25N3O2.ClH/c1-15-10-11-17(21(26)24-12-6-5-9-18(24)14-22)13-19(15)23-20(25)16-7-3-2-4-8-16;/h2-4,7-8,10-11,13,18H,5-6,9,12,14,22H2,1H3,(H,23,25);1H. The van der Waals surface area contributed by atoms with E-state index in [9.17, 15) is 9.59 Å². The highest BCUT2D eigenvalue weighted by atomic mass is 35.5. The van der Waals surface area contributed by atoms with Crippen LogP contribution < -0.4 is 11.1 Å². The molecule has 144 valence electrons. The molecule has 5 nitrogen and oxygen atoms in total. The zero-order chi connectivity index (χ0) is 18.5. The Balaban J connectivity index is 0.00000261. The summed E-state index contributed by atoms with van der Waals surface area (Å²) in [5, 5.41) is 2.92. The Morgan fingerprint density at radius 1 is 1.11 bits per heavy atom. The maximum atomic E-state index is 12.9. The lowest BCUT2D eigenvalue weighted by Gasteiger charge is -2.35. The molecule has 0 bridgehead atoms. The molecular weight excluding hydrogens is 362 g/mol. The Morgan fingerprint density at radius 3 is 2.56 bits per heavy atom. The van der Waals surface area contributed by atoms with Crippen LogP contribution in [0.25, 0.3) is 0 Å². The van der Waals surface area contributed by atoms with Crippen molar-refractivity contribution in [2.45, 2.75) is 32.2 Å². The molecule has 0 saturated carbocycles. The van der Waals surface area contributed by atoms with Crippen LogP contribution in [0.1, 0.15) is 45.5 Å². The predicted octanol–water partition coefficient (Wildman–Crippen LogP) is 3.62. The van der Waals surface area contributed by atoms with Crippen molar-refractivity contribution in [2.75, 3.05) is 18.4 Å². The Hall–Kier alpha value is -2.37. The maximum Gasteiger partial charge on any atom is 0.255 e. The minimum Gasteiger partial charge on any atom is -0.334 e. The number of carbonyl (C=O) groups excluding carboxylic acids is 2. The second kappa shape index (κ2) is 9.53. The molecule has 3 rings (SSSR count). The third-order valence-electron chi connectivity index (χ3n) is 4.93. The van der Waals surface area contributed by atoms with E-state index in [4.69, 9.17) is 5.73 Å². The number of carbonyl (C=O) groups is 2. The summed E-state index contributed by atoms with van der Waals surface area (Å²) in [6.07, 6.45) is 3.06. The lowest BCUT2D eigenvalue weighted by molar-refractivity contribution is 0.0623. The van der Waals surface area contributed by atoms with Gasteiger partial charge in [-0.25, -0.2) is 0 Å². The molecule has 1 atom stereocenters. The minimum absolute atomic E-state index is 0. The normalized spacial score (nSPS) is 16.4. The Labute approximate surface area is 166 Å². The molecule has 0 spiro atoms. The first kappa shape index (κ1) is 20.9. The average molecular weight is 388 g/mol. The van der Waals surface area contributed by atoms with E-state index in [-0.39, 0.29) is 30.3 Å². The fourth-order valence-corrected chi connectivity index (χ4v) is 3.35. The number of halogens is 1. The number of nitrogens with zero attached hydrogens (tertiary/aromatic N) is 1. The van der Waals surface area contributed by atoms with Gasteiger partial charge in [0.1, 0.15) is 0 Å². The van der Waals surface area contributed by atoms with E-state index in [2.05, 4.69) is 5.32 Å². The largest absolute Gasteiger partial charge is 0.334 e. The Kier molecular flexibility index (Phi) is 7.39. The van der Waals surface area contributed by atoms with Gasteiger partial charge < -0.3 is 16.0 Å². The van der Waals surface area contributed by atoms with Crippen molar-refractivity contribution >= 4 is 29.9 Å². The van der Waals surface area contributed by atoms with Crippen molar-refractivity contribution < 1.29 is 9.59 Å². The van der Waals surface area contributed by atoms with Crippen LogP contribution in [0.2, 0.25) is 0 Å². The van der Waals surface area contributed by atoms with Crippen molar-refractivity contribution in [3.05, 3.63) is 65.2 Å². The second-order valence-electron chi connectivity index (χ2n) is 6.73. The summed E-state index contributed by atoms with van der Waals surface area (Å²) in [5.41, 5.74) is 8.59. The zero-order valence-electron chi connectivity index (χ0n) is 15.5. The molecule has 1 aliphatic heterocycles. The number of nitrogens with one attached hydrogen (secondary N) is 1. The van der Waals surface area contributed by atoms with Gasteiger partial charge in [0.2, 0.25) is 0 Å². The summed E-state index contributed by atoms with van der Waals surface area (Å²) in [5.74, 6) is -0.202. The van der Waals surface area contributed by atoms with Crippen LogP contribution in [0.4, 0.5) is 5.69 Å². The van der Waals surface area contributed by atoms with Crippen molar-refractivity contribution in [1.82, 2.24) is 4.90 Å². The molecule has 2 amide bonds. The van der Waals surface area contributed by atoms with Gasteiger partial charge in [-0.15, -0.1) is 12.4 Å². The van der Waals surface area contributed by atoms with E-state index in [0.29, 0.717) is 23.4 Å². The molecule has 1 heterocycles. The van der Waals surface area contributed by atoms with Crippen molar-refractivity contribution in [1.29, 1.82) is 0 Å². The van der Waals surface area contributed by atoms with E-state index < -0.39 is 0 Å². The first-order valence-corrected chi connectivity index (χ1v) is 9.08. The zero-order valence-corrected chi connectivity index (χ0v) is 16.3. The average Bonchev–Trinajstić information content (AvgIpc) is 2.69. The molecule has 1 aliphatic rings. The lowest BCUT2D eigenvalue weighted by atomic mass is 10.00. The third kappa shape index (κ3) is 4.87. The number of nitrogens with two attached hydrogens (primary N) is 1. The van der Waals surface area contributed by atoms with Crippen LogP contribution in [0.5, 0.6) is 0 Å². The van der Waals surface area contributed by atoms with Crippen LogP contribution in [0.3, 0.4) is 0 Å². The molecule has 2 aromatic carbocycles. The molecular formula is C21H26ClN3O2. The number of piperidine rings is 1. The monoisotopic (exact) mass is 387 g/mol. The third-order valence-corrected chi connectivity index (χ3v) is 4.93. The van der Waals surface area contributed by atoms with Gasteiger partial charge in [-0.2, -0.15) is 0 Å². The molecule has 1 unspecified atom stereocenters. The van der Waals surface area contributed by atoms with Crippen LogP contribution in [0, 0.1) is 6.92 Å². The van der Waals surface area contributed by atoms with E-state index in [1.165, 1.54) is 0 Å². The van der Waals surface area contributed by atoms with Crippen LogP contribution >= 0.6 is 12.4 Å². The fraction of sp³-hybridized carbons (Fsp3) is 0.333. The molecule has 27 heavy (non-hydrogen) atoms. The Bertz CT molecular complexity index is 795. The summed E-state index contributed by atoms with van der Waals surface area (Å²) in [6.45, 7) is 3.13. The molecule has 0 aromatic heterocycles. The number of anilines is 1.